The van der Waals surface area contributed by atoms with Gasteiger partial charge in [0.05, 0.1) is 17.1 Å². The SMILES string of the molecule is C#CCOc1ccc([C@H](C)Nc2c(C)nn(C)c2C)cc1. The number of nitrogens with zero attached hydrogens (tertiary/aromatic N) is 2. The normalized spacial score (nSPS) is 11.8. The molecular formula is C17H21N3O. The monoisotopic (exact) mass is 283 g/mol. The lowest BCUT2D eigenvalue weighted by Gasteiger charge is -2.16. The second kappa shape index (κ2) is 6.36. The van der Waals surface area contributed by atoms with Crippen LogP contribution in [0.1, 0.15) is 29.9 Å². The Morgan fingerprint density at radius 1 is 1.33 bits per heavy atom. The highest BCUT2D eigenvalue weighted by Gasteiger charge is 2.13. The van der Waals surface area contributed by atoms with Gasteiger partial charge < -0.3 is 10.1 Å². The van der Waals surface area contributed by atoms with Crippen molar-refractivity contribution in [2.45, 2.75) is 26.8 Å². The van der Waals surface area contributed by atoms with Gasteiger partial charge in [-0.2, -0.15) is 5.10 Å². The summed E-state index contributed by atoms with van der Waals surface area (Å²) in [5, 5.41) is 7.94. The first-order valence-corrected chi connectivity index (χ1v) is 6.96. The van der Waals surface area contributed by atoms with Crippen molar-refractivity contribution in [2.75, 3.05) is 11.9 Å². The zero-order chi connectivity index (χ0) is 15.4. The van der Waals surface area contributed by atoms with E-state index < -0.39 is 0 Å². The van der Waals surface area contributed by atoms with Crippen molar-refractivity contribution in [2.24, 2.45) is 7.05 Å². The first-order valence-electron chi connectivity index (χ1n) is 6.96. The molecule has 0 spiro atoms. The van der Waals surface area contributed by atoms with Crippen molar-refractivity contribution in [1.29, 1.82) is 0 Å². The molecule has 2 aromatic rings. The minimum atomic E-state index is 0.188. The first kappa shape index (κ1) is 15.0. The summed E-state index contributed by atoms with van der Waals surface area (Å²) in [6, 6.07) is 8.16. The number of ether oxygens (including phenoxy) is 1. The van der Waals surface area contributed by atoms with Crippen molar-refractivity contribution >= 4 is 5.69 Å². The predicted molar refractivity (Wildman–Crippen MR) is 85.5 cm³/mol. The van der Waals surface area contributed by atoms with Crippen molar-refractivity contribution in [3.63, 3.8) is 0 Å². The van der Waals surface area contributed by atoms with Crippen LogP contribution in [0.5, 0.6) is 5.75 Å². The van der Waals surface area contributed by atoms with Crippen molar-refractivity contribution in [3.8, 4) is 18.1 Å². The van der Waals surface area contributed by atoms with Crippen LogP contribution >= 0.6 is 0 Å². The lowest BCUT2D eigenvalue weighted by molar-refractivity contribution is 0.370. The summed E-state index contributed by atoms with van der Waals surface area (Å²) in [5.41, 5.74) is 4.42. The third-order valence-electron chi connectivity index (χ3n) is 3.57. The first-order chi connectivity index (χ1) is 10.0. The molecule has 0 aliphatic heterocycles. The molecule has 4 nitrogen and oxygen atoms in total. The van der Waals surface area contributed by atoms with Crippen molar-refractivity contribution in [1.82, 2.24) is 9.78 Å². The molecule has 0 aliphatic carbocycles. The van der Waals surface area contributed by atoms with Crippen LogP contribution in [-0.4, -0.2) is 16.4 Å². The van der Waals surface area contributed by atoms with E-state index in [1.807, 2.05) is 42.9 Å². The van der Waals surface area contributed by atoms with E-state index in [1.165, 1.54) is 5.56 Å². The zero-order valence-corrected chi connectivity index (χ0v) is 13.0. The van der Waals surface area contributed by atoms with Crippen LogP contribution in [-0.2, 0) is 7.05 Å². The van der Waals surface area contributed by atoms with Gasteiger partial charge in [-0.25, -0.2) is 0 Å². The molecule has 1 atom stereocenters. The molecule has 0 radical (unpaired) electrons. The van der Waals surface area contributed by atoms with Crippen LogP contribution in [0.4, 0.5) is 5.69 Å². The number of nitrogens with one attached hydrogen (secondary N) is 1. The Kier molecular flexibility index (Phi) is 4.54. The maximum Gasteiger partial charge on any atom is 0.148 e. The highest BCUT2D eigenvalue weighted by Crippen LogP contribution is 2.25. The van der Waals surface area contributed by atoms with Crippen LogP contribution in [0, 0.1) is 26.2 Å². The Labute approximate surface area is 126 Å². The summed E-state index contributed by atoms with van der Waals surface area (Å²) < 4.78 is 7.27. The molecule has 2 rings (SSSR count). The highest BCUT2D eigenvalue weighted by atomic mass is 16.5. The van der Waals surface area contributed by atoms with E-state index in [9.17, 15) is 0 Å². The van der Waals surface area contributed by atoms with Gasteiger partial charge in [0, 0.05) is 13.1 Å². The standard InChI is InChI=1S/C17H21N3O/c1-6-11-21-16-9-7-15(8-10-16)12(2)18-17-13(3)19-20(5)14(17)4/h1,7-10,12,18H,11H2,2-5H3/t12-/m0/s1. The Balaban J connectivity index is 2.10. The average Bonchev–Trinajstić information content (AvgIpc) is 2.72. The molecule has 4 heteroatoms. The quantitative estimate of drug-likeness (QED) is 0.856. The summed E-state index contributed by atoms with van der Waals surface area (Å²) in [6.07, 6.45) is 5.18. The number of benzene rings is 1. The van der Waals surface area contributed by atoms with Gasteiger partial charge >= 0.3 is 0 Å². The summed E-state index contributed by atoms with van der Waals surface area (Å²) >= 11 is 0. The zero-order valence-electron chi connectivity index (χ0n) is 13.0. The van der Waals surface area contributed by atoms with Crippen molar-refractivity contribution < 1.29 is 4.74 Å². The van der Waals surface area contributed by atoms with Crippen LogP contribution in [0.3, 0.4) is 0 Å². The number of aryl methyl sites for hydroxylation is 2. The van der Waals surface area contributed by atoms with Crippen LogP contribution in [0.15, 0.2) is 24.3 Å². The Morgan fingerprint density at radius 3 is 2.52 bits per heavy atom. The lowest BCUT2D eigenvalue weighted by Crippen LogP contribution is -2.08. The predicted octanol–water partition coefficient (Wildman–Crippen LogP) is 3.22. The molecule has 1 N–H and O–H groups in total. The van der Waals surface area contributed by atoms with Crippen LogP contribution in [0.25, 0.3) is 0 Å². The van der Waals surface area contributed by atoms with Crippen molar-refractivity contribution in [3.05, 3.63) is 41.2 Å². The van der Waals surface area contributed by atoms with Gasteiger partial charge in [-0.1, -0.05) is 18.1 Å². The molecule has 0 amide bonds. The molecule has 110 valence electrons. The third-order valence-corrected chi connectivity index (χ3v) is 3.57. The lowest BCUT2D eigenvalue weighted by atomic mass is 10.1. The van der Waals surface area contributed by atoms with Gasteiger partial charge in [-0.3, -0.25) is 4.68 Å². The van der Waals surface area contributed by atoms with E-state index in [1.54, 1.807) is 0 Å². The number of aromatic nitrogens is 2. The fraction of sp³-hybridized carbons (Fsp3) is 0.353. The number of rotatable bonds is 5. The molecule has 0 bridgehead atoms. The molecule has 0 unspecified atom stereocenters. The van der Waals surface area contributed by atoms with Gasteiger partial charge in [0.15, 0.2) is 0 Å². The second-order valence-electron chi connectivity index (χ2n) is 5.10. The molecule has 0 fully saturated rings. The number of hydrogen-bond donors (Lipinski definition) is 1. The Morgan fingerprint density at radius 2 is 2.00 bits per heavy atom. The molecular weight excluding hydrogens is 262 g/mol. The molecule has 0 saturated heterocycles. The topological polar surface area (TPSA) is 39.1 Å². The number of anilines is 1. The fourth-order valence-electron chi connectivity index (χ4n) is 2.26. The van der Waals surface area contributed by atoms with E-state index in [-0.39, 0.29) is 6.04 Å². The summed E-state index contributed by atoms with van der Waals surface area (Å²) in [6.45, 7) is 6.50. The van der Waals surface area contributed by atoms with E-state index in [0.717, 1.165) is 22.8 Å². The second-order valence-corrected chi connectivity index (χ2v) is 5.10. The summed E-state index contributed by atoms with van der Waals surface area (Å²) in [7, 11) is 1.95. The maximum absolute atomic E-state index is 5.38. The Hall–Kier alpha value is -2.41. The number of hydrogen-bond acceptors (Lipinski definition) is 3. The third kappa shape index (κ3) is 3.38. The minimum Gasteiger partial charge on any atom is -0.481 e. The van der Waals surface area contributed by atoms with Gasteiger partial charge in [-0.05, 0) is 38.5 Å². The summed E-state index contributed by atoms with van der Waals surface area (Å²) in [4.78, 5) is 0. The smallest absolute Gasteiger partial charge is 0.148 e. The van der Waals surface area contributed by atoms with E-state index in [2.05, 4.69) is 30.2 Å². The number of terminal acetylenes is 1. The molecule has 1 heterocycles. The summed E-state index contributed by atoms with van der Waals surface area (Å²) in [5.74, 6) is 3.25. The maximum atomic E-state index is 5.38. The molecule has 21 heavy (non-hydrogen) atoms. The molecule has 1 aromatic heterocycles. The van der Waals surface area contributed by atoms with Gasteiger partial charge in [0.25, 0.3) is 0 Å². The van der Waals surface area contributed by atoms with E-state index in [4.69, 9.17) is 11.2 Å². The average molecular weight is 283 g/mol. The van der Waals surface area contributed by atoms with Crippen LogP contribution in [0.2, 0.25) is 0 Å². The van der Waals surface area contributed by atoms with Crippen LogP contribution < -0.4 is 10.1 Å². The van der Waals surface area contributed by atoms with E-state index in [0.29, 0.717) is 6.61 Å². The highest BCUT2D eigenvalue weighted by molar-refractivity contribution is 5.53. The van der Waals surface area contributed by atoms with E-state index >= 15 is 0 Å². The fourth-order valence-corrected chi connectivity index (χ4v) is 2.26. The molecule has 0 saturated carbocycles. The van der Waals surface area contributed by atoms with Gasteiger partial charge in [0.1, 0.15) is 12.4 Å². The van der Waals surface area contributed by atoms with Gasteiger partial charge in [0.2, 0.25) is 0 Å². The Bertz CT molecular complexity index is 650. The molecule has 0 aliphatic rings. The molecule has 1 aromatic carbocycles. The van der Waals surface area contributed by atoms with Gasteiger partial charge in [-0.15, -0.1) is 6.42 Å². The minimum absolute atomic E-state index is 0.188. The largest absolute Gasteiger partial charge is 0.481 e.